The molecule has 0 bridgehead atoms. The molecule has 0 radical (unpaired) electrons. The number of benzene rings is 1. The number of nitriles is 1. The van der Waals surface area contributed by atoms with Crippen molar-refractivity contribution in [3.63, 3.8) is 0 Å². The third-order valence-electron chi connectivity index (χ3n) is 2.56. The Morgan fingerprint density at radius 2 is 1.89 bits per heavy atom. The Morgan fingerprint density at radius 1 is 1.32 bits per heavy atom. The van der Waals surface area contributed by atoms with Gasteiger partial charge in [0.15, 0.2) is 5.78 Å². The molecule has 1 rings (SSSR count). The number of carbonyl (C=O) groups excluding carboxylic acids is 1. The van der Waals surface area contributed by atoms with E-state index in [0.29, 0.717) is 0 Å². The number of sulfonamides is 1. The third-order valence-corrected chi connectivity index (χ3v) is 4.02. The number of hydrogen-bond donors (Lipinski definition) is 1. The largest absolute Gasteiger partial charge is 0.298 e. The second-order valence-corrected chi connectivity index (χ2v) is 6.84. The molecule has 5 nitrogen and oxygen atoms in total. The Kier molecular flexibility index (Phi) is 4.45. The van der Waals surface area contributed by atoms with Gasteiger partial charge in [0.25, 0.3) is 0 Å². The summed E-state index contributed by atoms with van der Waals surface area (Å²) in [6.07, 6.45) is 0. The van der Waals surface area contributed by atoms with Crippen molar-refractivity contribution in [1.29, 1.82) is 5.26 Å². The number of ketones is 1. The maximum atomic E-state index is 12.0. The highest BCUT2D eigenvalue weighted by Crippen LogP contribution is 2.16. The van der Waals surface area contributed by atoms with Crippen molar-refractivity contribution in [2.24, 2.45) is 5.41 Å². The summed E-state index contributed by atoms with van der Waals surface area (Å²) in [6, 6.07) is 7.68. The van der Waals surface area contributed by atoms with E-state index in [1.54, 1.807) is 26.8 Å². The molecule has 0 fully saturated rings. The standard InChI is InChI=1S/C13H16N2O3S/c1-13(2,3)12(16)9-15-19(17,18)11-7-5-4-6-10(11)8-14/h4-7,15H,9H2,1-3H3. The average molecular weight is 280 g/mol. The molecule has 0 aliphatic heterocycles. The van der Waals surface area contributed by atoms with E-state index < -0.39 is 15.4 Å². The lowest BCUT2D eigenvalue weighted by Gasteiger charge is -2.17. The monoisotopic (exact) mass is 280 g/mol. The molecule has 0 aliphatic rings. The molecule has 0 spiro atoms. The van der Waals surface area contributed by atoms with Crippen LogP contribution in [0.15, 0.2) is 29.2 Å². The zero-order chi connectivity index (χ0) is 14.7. The van der Waals surface area contributed by atoms with Crippen LogP contribution in [0.1, 0.15) is 26.3 Å². The van der Waals surface area contributed by atoms with Gasteiger partial charge < -0.3 is 0 Å². The van der Waals surface area contributed by atoms with Crippen molar-refractivity contribution in [2.75, 3.05) is 6.54 Å². The molecule has 0 unspecified atom stereocenters. The van der Waals surface area contributed by atoms with Crippen molar-refractivity contribution >= 4 is 15.8 Å². The molecule has 19 heavy (non-hydrogen) atoms. The van der Waals surface area contributed by atoms with Gasteiger partial charge in [0.1, 0.15) is 6.07 Å². The Hall–Kier alpha value is -1.71. The molecule has 0 atom stereocenters. The summed E-state index contributed by atoms with van der Waals surface area (Å²) in [5.41, 5.74) is -0.560. The number of hydrogen-bond acceptors (Lipinski definition) is 4. The number of nitrogens with one attached hydrogen (secondary N) is 1. The van der Waals surface area contributed by atoms with Gasteiger partial charge in [0.2, 0.25) is 10.0 Å². The first-order valence-electron chi connectivity index (χ1n) is 5.70. The second-order valence-electron chi connectivity index (χ2n) is 5.11. The van der Waals surface area contributed by atoms with Crippen LogP contribution in [-0.4, -0.2) is 20.7 Å². The van der Waals surface area contributed by atoms with Crippen LogP contribution in [0.4, 0.5) is 0 Å². The van der Waals surface area contributed by atoms with E-state index in [9.17, 15) is 13.2 Å². The second kappa shape index (κ2) is 5.51. The smallest absolute Gasteiger partial charge is 0.242 e. The van der Waals surface area contributed by atoms with E-state index in [0.717, 1.165) is 0 Å². The Morgan fingerprint density at radius 3 is 2.42 bits per heavy atom. The van der Waals surface area contributed by atoms with Crippen molar-refractivity contribution in [1.82, 2.24) is 4.72 Å². The van der Waals surface area contributed by atoms with E-state index in [1.165, 1.54) is 18.2 Å². The highest BCUT2D eigenvalue weighted by Gasteiger charge is 2.24. The minimum Gasteiger partial charge on any atom is -0.298 e. The molecule has 102 valence electrons. The van der Waals surface area contributed by atoms with Crippen molar-refractivity contribution in [3.05, 3.63) is 29.8 Å². The van der Waals surface area contributed by atoms with Gasteiger partial charge in [0.05, 0.1) is 17.0 Å². The average Bonchev–Trinajstić information content (AvgIpc) is 2.34. The summed E-state index contributed by atoms with van der Waals surface area (Å²) >= 11 is 0. The van der Waals surface area contributed by atoms with Crippen LogP contribution in [0.2, 0.25) is 0 Å². The first kappa shape index (κ1) is 15.3. The SMILES string of the molecule is CC(C)(C)C(=O)CNS(=O)(=O)c1ccccc1C#N. The molecular weight excluding hydrogens is 264 g/mol. The molecule has 0 amide bonds. The van der Waals surface area contributed by atoms with Crippen molar-refractivity contribution in [3.8, 4) is 6.07 Å². The maximum absolute atomic E-state index is 12.0. The Bertz CT molecular complexity index is 622. The third kappa shape index (κ3) is 3.88. The van der Waals surface area contributed by atoms with Crippen molar-refractivity contribution < 1.29 is 13.2 Å². The highest BCUT2D eigenvalue weighted by molar-refractivity contribution is 7.89. The fraction of sp³-hybridized carbons (Fsp3) is 0.385. The molecule has 1 N–H and O–H groups in total. The Balaban J connectivity index is 2.95. The lowest BCUT2D eigenvalue weighted by Crippen LogP contribution is -2.35. The fourth-order valence-corrected chi connectivity index (χ4v) is 2.43. The summed E-state index contributed by atoms with van der Waals surface area (Å²) in [7, 11) is -3.85. The van der Waals surface area contributed by atoms with Gasteiger partial charge in [0, 0.05) is 5.41 Å². The predicted octanol–water partition coefficient (Wildman–Crippen LogP) is 1.45. The zero-order valence-corrected chi connectivity index (χ0v) is 11.9. The zero-order valence-electron chi connectivity index (χ0n) is 11.1. The van der Waals surface area contributed by atoms with Gasteiger partial charge in [-0.3, -0.25) is 4.79 Å². The molecular formula is C13H16N2O3S. The summed E-state index contributed by atoms with van der Waals surface area (Å²) in [4.78, 5) is 11.6. The minimum atomic E-state index is -3.85. The molecule has 1 aromatic rings. The van der Waals surface area contributed by atoms with Crippen LogP contribution in [-0.2, 0) is 14.8 Å². The van der Waals surface area contributed by atoms with Gasteiger partial charge in [-0.15, -0.1) is 0 Å². The normalized spacial score (nSPS) is 11.9. The van der Waals surface area contributed by atoms with Gasteiger partial charge in [-0.1, -0.05) is 32.9 Å². The van der Waals surface area contributed by atoms with Crippen LogP contribution < -0.4 is 4.72 Å². The molecule has 1 aromatic carbocycles. The fourth-order valence-electron chi connectivity index (χ4n) is 1.30. The van der Waals surface area contributed by atoms with Crippen LogP contribution in [0, 0.1) is 16.7 Å². The summed E-state index contributed by atoms with van der Waals surface area (Å²) in [5, 5.41) is 8.88. The highest BCUT2D eigenvalue weighted by atomic mass is 32.2. The molecule has 0 aliphatic carbocycles. The lowest BCUT2D eigenvalue weighted by atomic mass is 9.91. The molecule has 0 saturated carbocycles. The summed E-state index contributed by atoms with van der Waals surface area (Å²) in [5.74, 6) is -0.217. The topological polar surface area (TPSA) is 87.0 Å². The van der Waals surface area contributed by atoms with Gasteiger partial charge >= 0.3 is 0 Å². The van der Waals surface area contributed by atoms with E-state index >= 15 is 0 Å². The number of nitrogens with zero attached hydrogens (tertiary/aromatic N) is 1. The first-order chi connectivity index (χ1) is 8.68. The first-order valence-corrected chi connectivity index (χ1v) is 7.19. The van der Waals surface area contributed by atoms with Gasteiger partial charge in [-0.25, -0.2) is 13.1 Å². The predicted molar refractivity (Wildman–Crippen MR) is 70.8 cm³/mol. The molecule has 0 saturated heterocycles. The minimum absolute atomic E-state index is 0.0539. The van der Waals surface area contributed by atoms with Crippen LogP contribution in [0.25, 0.3) is 0 Å². The van der Waals surface area contributed by atoms with E-state index in [-0.39, 0.29) is 22.8 Å². The number of Topliss-reactive ketones (excluding diaryl/α,β-unsaturated/α-hetero) is 1. The molecule has 6 heteroatoms. The maximum Gasteiger partial charge on any atom is 0.242 e. The van der Waals surface area contributed by atoms with E-state index in [4.69, 9.17) is 5.26 Å². The summed E-state index contributed by atoms with van der Waals surface area (Å²) in [6.45, 7) is 4.86. The summed E-state index contributed by atoms with van der Waals surface area (Å²) < 4.78 is 26.3. The number of carbonyl (C=O) groups is 1. The molecule has 0 aromatic heterocycles. The number of rotatable bonds is 4. The quantitative estimate of drug-likeness (QED) is 0.904. The van der Waals surface area contributed by atoms with Crippen LogP contribution in [0.5, 0.6) is 0 Å². The lowest BCUT2D eigenvalue weighted by molar-refractivity contribution is -0.125. The van der Waals surface area contributed by atoms with Crippen molar-refractivity contribution in [2.45, 2.75) is 25.7 Å². The van der Waals surface area contributed by atoms with Gasteiger partial charge in [-0.05, 0) is 12.1 Å². The van der Waals surface area contributed by atoms with Crippen LogP contribution in [0.3, 0.4) is 0 Å². The van der Waals surface area contributed by atoms with E-state index in [2.05, 4.69) is 4.72 Å². The Labute approximate surface area is 113 Å². The van der Waals surface area contributed by atoms with Crippen LogP contribution >= 0.6 is 0 Å². The van der Waals surface area contributed by atoms with E-state index in [1.807, 2.05) is 6.07 Å². The van der Waals surface area contributed by atoms with Gasteiger partial charge in [-0.2, -0.15) is 5.26 Å². The molecule has 0 heterocycles.